The van der Waals surface area contributed by atoms with Crippen LogP contribution in [-0.2, 0) is 19.0 Å². The van der Waals surface area contributed by atoms with Crippen LogP contribution >= 0.6 is 0 Å². The van der Waals surface area contributed by atoms with Gasteiger partial charge in [-0.25, -0.2) is 0 Å². The highest BCUT2D eigenvalue weighted by atomic mass is 19.4. The molecule has 0 aromatic heterocycles. The molecule has 2 aromatic carbocycles. The van der Waals surface area contributed by atoms with Crippen molar-refractivity contribution < 1.29 is 13.2 Å². The van der Waals surface area contributed by atoms with E-state index in [1.807, 2.05) is 36.4 Å². The van der Waals surface area contributed by atoms with Gasteiger partial charge < -0.3 is 4.90 Å². The van der Waals surface area contributed by atoms with Gasteiger partial charge >= 0.3 is 6.18 Å². The van der Waals surface area contributed by atoms with E-state index in [0.29, 0.717) is 25.1 Å². The van der Waals surface area contributed by atoms with Crippen LogP contribution in [0.25, 0.3) is 0 Å². The molecule has 0 saturated carbocycles. The Hall–Kier alpha value is -2.23. The van der Waals surface area contributed by atoms with E-state index in [1.54, 1.807) is 17.2 Å². The number of hydrogen-bond acceptors (Lipinski definition) is 1. The Morgan fingerprint density at radius 1 is 0.955 bits per heavy atom. The summed E-state index contributed by atoms with van der Waals surface area (Å²) in [6.45, 7) is 0.528. The highest BCUT2D eigenvalue weighted by Crippen LogP contribution is 2.40. The lowest BCUT2D eigenvalue weighted by Gasteiger charge is -2.29. The minimum absolute atomic E-state index is 0.299. The Labute approximate surface area is 127 Å². The summed E-state index contributed by atoms with van der Waals surface area (Å²) < 4.78 is 39.8. The summed E-state index contributed by atoms with van der Waals surface area (Å²) in [5.74, 6) is 0. The fraction of sp³-hybridized carbons (Fsp3) is 0.222. The van der Waals surface area contributed by atoms with Crippen molar-refractivity contribution in [2.45, 2.75) is 19.0 Å². The monoisotopic (exact) mass is 303 g/mol. The number of allylic oxidation sites excluding steroid dienone is 1. The van der Waals surface area contributed by atoms with Gasteiger partial charge in [-0.15, -0.1) is 0 Å². The summed E-state index contributed by atoms with van der Waals surface area (Å²) in [7, 11) is 0. The molecule has 1 aliphatic heterocycles. The number of para-hydroxylation sites is 1. The highest BCUT2D eigenvalue weighted by Gasteiger charge is 2.36. The van der Waals surface area contributed by atoms with Crippen LogP contribution in [0.4, 0.5) is 18.9 Å². The Bertz CT molecular complexity index is 674. The number of hydrogen-bond donors (Lipinski definition) is 0. The topological polar surface area (TPSA) is 3.24 Å². The number of anilines is 1. The molecule has 0 saturated heterocycles. The molecule has 0 unspecified atom stereocenters. The van der Waals surface area contributed by atoms with Crippen LogP contribution < -0.4 is 4.90 Å². The molecular weight excluding hydrogens is 287 g/mol. The van der Waals surface area contributed by atoms with Gasteiger partial charge in [0, 0.05) is 12.7 Å². The molecule has 0 fully saturated rings. The summed E-state index contributed by atoms with van der Waals surface area (Å²) in [6, 6.07) is 14.2. The molecule has 1 aliphatic rings. The minimum Gasteiger partial charge on any atom is -0.347 e. The SMILES string of the molecule is FC(F)(F)c1cccc2c1N(CCc1ccccc1)C=CC2. The third kappa shape index (κ3) is 3.01. The van der Waals surface area contributed by atoms with Gasteiger partial charge in [0.05, 0.1) is 11.3 Å². The lowest BCUT2D eigenvalue weighted by molar-refractivity contribution is -0.137. The Kier molecular flexibility index (Phi) is 3.92. The maximum Gasteiger partial charge on any atom is 0.418 e. The molecule has 0 spiro atoms. The van der Waals surface area contributed by atoms with Crippen LogP contribution in [0.3, 0.4) is 0 Å². The fourth-order valence-corrected chi connectivity index (χ4v) is 2.79. The first-order valence-electron chi connectivity index (χ1n) is 7.22. The summed E-state index contributed by atoms with van der Waals surface area (Å²) >= 11 is 0. The first-order valence-corrected chi connectivity index (χ1v) is 7.22. The predicted octanol–water partition coefficient (Wildman–Crippen LogP) is 4.82. The summed E-state index contributed by atoms with van der Waals surface area (Å²) in [5.41, 5.74) is 1.59. The second-order valence-corrected chi connectivity index (χ2v) is 5.33. The smallest absolute Gasteiger partial charge is 0.347 e. The predicted molar refractivity (Wildman–Crippen MR) is 81.8 cm³/mol. The minimum atomic E-state index is -4.33. The van der Waals surface area contributed by atoms with Crippen molar-refractivity contribution in [2.24, 2.45) is 0 Å². The second kappa shape index (κ2) is 5.87. The van der Waals surface area contributed by atoms with Gasteiger partial charge in [0.2, 0.25) is 0 Å². The van der Waals surface area contributed by atoms with E-state index in [0.717, 1.165) is 17.2 Å². The van der Waals surface area contributed by atoms with Crippen molar-refractivity contribution in [1.82, 2.24) is 0 Å². The number of benzene rings is 2. The lowest BCUT2D eigenvalue weighted by atomic mass is 9.99. The van der Waals surface area contributed by atoms with Crippen LogP contribution in [-0.4, -0.2) is 6.54 Å². The molecule has 0 aliphatic carbocycles. The molecule has 0 bridgehead atoms. The van der Waals surface area contributed by atoms with Crippen molar-refractivity contribution in [2.75, 3.05) is 11.4 Å². The molecule has 1 nitrogen and oxygen atoms in total. The summed E-state index contributed by atoms with van der Waals surface area (Å²) in [5, 5.41) is 0. The van der Waals surface area contributed by atoms with E-state index in [2.05, 4.69) is 0 Å². The maximum atomic E-state index is 13.3. The number of fused-ring (bicyclic) bond motifs is 1. The van der Waals surface area contributed by atoms with Crippen LogP contribution in [0.15, 0.2) is 60.8 Å². The average Bonchev–Trinajstić information content (AvgIpc) is 2.52. The van der Waals surface area contributed by atoms with E-state index >= 15 is 0 Å². The van der Waals surface area contributed by atoms with Crippen molar-refractivity contribution in [3.05, 3.63) is 77.5 Å². The normalized spacial score (nSPS) is 14.0. The molecule has 2 aromatic rings. The quantitative estimate of drug-likeness (QED) is 0.785. The van der Waals surface area contributed by atoms with Crippen molar-refractivity contribution in [1.29, 1.82) is 0 Å². The number of alkyl halides is 3. The third-order valence-electron chi connectivity index (χ3n) is 3.82. The number of rotatable bonds is 3. The van der Waals surface area contributed by atoms with Gasteiger partial charge in [-0.1, -0.05) is 48.5 Å². The summed E-state index contributed by atoms with van der Waals surface area (Å²) in [6.07, 6.45) is 0.591. The van der Waals surface area contributed by atoms with Gasteiger partial charge in [0.15, 0.2) is 0 Å². The molecule has 0 atom stereocenters. The second-order valence-electron chi connectivity index (χ2n) is 5.33. The first-order chi connectivity index (χ1) is 10.6. The van der Waals surface area contributed by atoms with Gasteiger partial charge in [-0.3, -0.25) is 0 Å². The van der Waals surface area contributed by atoms with Crippen LogP contribution in [0, 0.1) is 0 Å². The molecule has 0 N–H and O–H groups in total. The maximum absolute atomic E-state index is 13.3. The lowest BCUT2D eigenvalue weighted by Crippen LogP contribution is -2.26. The Morgan fingerprint density at radius 3 is 2.45 bits per heavy atom. The first kappa shape index (κ1) is 14.7. The molecule has 0 amide bonds. The van der Waals surface area contributed by atoms with E-state index < -0.39 is 11.7 Å². The highest BCUT2D eigenvalue weighted by molar-refractivity contribution is 5.65. The van der Waals surface area contributed by atoms with Crippen molar-refractivity contribution in [3.8, 4) is 0 Å². The van der Waals surface area contributed by atoms with E-state index in [1.165, 1.54) is 6.07 Å². The van der Waals surface area contributed by atoms with E-state index in [-0.39, 0.29) is 0 Å². The zero-order valence-electron chi connectivity index (χ0n) is 12.0. The van der Waals surface area contributed by atoms with Gasteiger partial charge in [0.25, 0.3) is 0 Å². The number of nitrogens with zero attached hydrogens (tertiary/aromatic N) is 1. The van der Waals surface area contributed by atoms with Gasteiger partial charge in [0.1, 0.15) is 0 Å². The molecule has 3 rings (SSSR count). The zero-order chi connectivity index (χ0) is 15.6. The van der Waals surface area contributed by atoms with Gasteiger partial charge in [-0.2, -0.15) is 13.2 Å². The molecule has 4 heteroatoms. The van der Waals surface area contributed by atoms with Crippen LogP contribution in [0.1, 0.15) is 16.7 Å². The fourth-order valence-electron chi connectivity index (χ4n) is 2.79. The van der Waals surface area contributed by atoms with Crippen LogP contribution in [0.2, 0.25) is 0 Å². The van der Waals surface area contributed by atoms with Crippen molar-refractivity contribution >= 4 is 5.69 Å². The summed E-state index contributed by atoms with van der Waals surface area (Å²) in [4.78, 5) is 1.72. The molecule has 1 heterocycles. The number of halogens is 3. The average molecular weight is 303 g/mol. The standard InChI is InChI=1S/C18H16F3N/c19-18(20,21)16-10-4-8-15-9-5-12-22(17(15)16)13-11-14-6-2-1-3-7-14/h1-8,10,12H,9,11,13H2. The Balaban J connectivity index is 1.89. The largest absolute Gasteiger partial charge is 0.418 e. The molecular formula is C18H16F3N. The molecule has 22 heavy (non-hydrogen) atoms. The zero-order valence-corrected chi connectivity index (χ0v) is 12.0. The van der Waals surface area contributed by atoms with E-state index in [4.69, 9.17) is 0 Å². The van der Waals surface area contributed by atoms with Gasteiger partial charge in [-0.05, 0) is 30.0 Å². The molecule has 114 valence electrons. The van der Waals surface area contributed by atoms with Crippen molar-refractivity contribution in [3.63, 3.8) is 0 Å². The van der Waals surface area contributed by atoms with Crippen LogP contribution in [0.5, 0.6) is 0 Å². The Morgan fingerprint density at radius 2 is 1.73 bits per heavy atom. The third-order valence-corrected chi connectivity index (χ3v) is 3.82. The molecule has 0 radical (unpaired) electrons. The van der Waals surface area contributed by atoms with E-state index in [9.17, 15) is 13.2 Å².